The van der Waals surface area contributed by atoms with Crippen LogP contribution in [-0.4, -0.2) is 64.6 Å². The third kappa shape index (κ3) is 10.3. The van der Waals surface area contributed by atoms with Gasteiger partial charge in [0.25, 0.3) is 0 Å². The molecule has 9 nitrogen and oxygen atoms in total. The molecule has 5 rings (SSSR count). The van der Waals surface area contributed by atoms with Gasteiger partial charge in [-0.05, 0) is 86.1 Å². The molecule has 0 fully saturated rings. The van der Waals surface area contributed by atoms with E-state index in [1.165, 1.54) is 16.7 Å². The van der Waals surface area contributed by atoms with Crippen LogP contribution in [-0.2, 0) is 39.9 Å². The summed E-state index contributed by atoms with van der Waals surface area (Å²) in [5.41, 5.74) is 13.4. The van der Waals surface area contributed by atoms with Crippen molar-refractivity contribution in [1.82, 2.24) is 20.2 Å². The summed E-state index contributed by atoms with van der Waals surface area (Å²) in [4.78, 5) is 52.9. The van der Waals surface area contributed by atoms with Gasteiger partial charge in [0.05, 0.1) is 22.7 Å². The molecule has 284 valence electrons. The number of Topliss-reactive ketones (excluding diaryl/α,β-unsaturated/α-hetero) is 2. The number of carbonyl (C=O) groups is 3. The van der Waals surface area contributed by atoms with Crippen molar-refractivity contribution in [3.8, 4) is 0 Å². The number of rotatable bonds is 9. The maximum absolute atomic E-state index is 14.5. The zero-order valence-electron chi connectivity index (χ0n) is 29.7. The minimum absolute atomic E-state index is 0.0418. The molecule has 0 radical (unpaired) electrons. The lowest BCUT2D eigenvalue weighted by molar-refractivity contribution is -0.143. The average Bonchev–Trinajstić information content (AvgIpc) is 3.55. The first-order valence-corrected chi connectivity index (χ1v) is 19.1. The van der Waals surface area contributed by atoms with E-state index in [9.17, 15) is 27.6 Å². The van der Waals surface area contributed by atoms with Crippen LogP contribution in [0.5, 0.6) is 0 Å². The molecule has 3 heterocycles. The van der Waals surface area contributed by atoms with E-state index in [-0.39, 0.29) is 60.3 Å². The molecule has 2 aromatic heterocycles. The fraction of sp³-hybridized carbons (Fsp3) is 0.436. The van der Waals surface area contributed by atoms with E-state index >= 15 is 0 Å². The van der Waals surface area contributed by atoms with Crippen molar-refractivity contribution in [3.05, 3.63) is 88.3 Å². The van der Waals surface area contributed by atoms with E-state index in [0.717, 1.165) is 28.6 Å². The van der Waals surface area contributed by atoms with Crippen molar-refractivity contribution in [2.75, 3.05) is 20.1 Å². The van der Waals surface area contributed by atoms with Crippen molar-refractivity contribution >= 4 is 51.7 Å². The van der Waals surface area contributed by atoms with Gasteiger partial charge in [0.15, 0.2) is 11.6 Å². The molecule has 1 aliphatic rings. The lowest BCUT2D eigenvalue weighted by Gasteiger charge is -2.31. The predicted octanol–water partition coefficient (Wildman–Crippen LogP) is 6.87. The molecule has 0 bridgehead atoms. The monoisotopic (exact) mass is 770 g/mol. The number of unbranched alkanes of at least 4 members (excludes halogenated alkanes) is 1. The molecule has 14 heteroatoms. The normalized spacial score (nSPS) is 19.6. The molecular weight excluding hydrogens is 725 g/mol. The van der Waals surface area contributed by atoms with Gasteiger partial charge in [0.1, 0.15) is 0 Å². The Hall–Kier alpha value is -3.75. The molecule has 0 saturated carbocycles. The van der Waals surface area contributed by atoms with Gasteiger partial charge in [0.2, 0.25) is 5.91 Å². The van der Waals surface area contributed by atoms with Crippen LogP contribution >= 0.6 is 23.4 Å². The third-order valence-corrected chi connectivity index (χ3v) is 11.6. The number of para-hydroxylation sites is 1. The number of hydrogen-bond acceptors (Lipinski definition) is 8. The molecule has 2 aromatic carbocycles. The lowest BCUT2D eigenvalue weighted by Crippen LogP contribution is -2.47. The van der Waals surface area contributed by atoms with Crippen LogP contribution in [0.4, 0.5) is 13.2 Å². The molecule has 0 spiro atoms. The number of hydrogen-bond donors (Lipinski definition) is 4. The number of benzene rings is 2. The van der Waals surface area contributed by atoms with Crippen LogP contribution < -0.4 is 16.8 Å². The first kappa shape index (κ1) is 40.4. The Morgan fingerprint density at radius 2 is 1.75 bits per heavy atom. The van der Waals surface area contributed by atoms with Crippen LogP contribution in [0.15, 0.2) is 70.8 Å². The van der Waals surface area contributed by atoms with E-state index in [4.69, 9.17) is 23.1 Å². The highest BCUT2D eigenvalue weighted by Gasteiger charge is 2.35. The van der Waals surface area contributed by atoms with Crippen molar-refractivity contribution in [1.29, 1.82) is 0 Å². The number of carbonyl (C=O) groups excluding carboxylic acids is 3. The van der Waals surface area contributed by atoms with Crippen molar-refractivity contribution in [3.63, 3.8) is 0 Å². The summed E-state index contributed by atoms with van der Waals surface area (Å²) in [6.45, 7) is 1.02. The average molecular weight is 771 g/mol. The van der Waals surface area contributed by atoms with Gasteiger partial charge in [-0.1, -0.05) is 48.0 Å². The lowest BCUT2D eigenvalue weighted by atomic mass is 9.89. The number of H-pyrrole nitrogens is 1. The number of aromatic amines is 1. The summed E-state index contributed by atoms with van der Waals surface area (Å²) in [6.07, 6.45) is 2.97. The second-order valence-electron chi connectivity index (χ2n) is 13.5. The second-order valence-corrected chi connectivity index (χ2v) is 15.0. The zero-order chi connectivity index (χ0) is 38.1. The van der Waals surface area contributed by atoms with Gasteiger partial charge in [-0.25, -0.2) is 0 Å². The van der Waals surface area contributed by atoms with Crippen LogP contribution in [0.3, 0.4) is 0 Å². The zero-order valence-corrected chi connectivity index (χ0v) is 31.3. The van der Waals surface area contributed by atoms with Crippen molar-refractivity contribution < 1.29 is 27.6 Å². The van der Waals surface area contributed by atoms with Crippen LogP contribution in [0.1, 0.15) is 67.2 Å². The Balaban J connectivity index is 1.61. The van der Waals surface area contributed by atoms with E-state index in [1.807, 2.05) is 30.5 Å². The Bertz CT molecular complexity index is 1900. The van der Waals surface area contributed by atoms with Crippen molar-refractivity contribution in [2.24, 2.45) is 17.4 Å². The van der Waals surface area contributed by atoms with Gasteiger partial charge >= 0.3 is 6.18 Å². The first-order chi connectivity index (χ1) is 25.4. The molecule has 4 aromatic rings. The fourth-order valence-electron chi connectivity index (χ4n) is 6.88. The molecular formula is C39H46ClF3N6O3S. The molecule has 6 N–H and O–H groups in total. The van der Waals surface area contributed by atoms with Crippen LogP contribution in [0.2, 0.25) is 5.02 Å². The highest BCUT2D eigenvalue weighted by Crippen LogP contribution is 2.42. The molecule has 0 aliphatic carbocycles. The Morgan fingerprint density at radius 1 is 0.981 bits per heavy atom. The largest absolute Gasteiger partial charge is 0.416 e. The Labute approximate surface area is 316 Å². The number of fused-ring (bicyclic) bond motifs is 3. The summed E-state index contributed by atoms with van der Waals surface area (Å²) in [7, 11) is 1.57. The van der Waals surface area contributed by atoms with Gasteiger partial charge in [-0.3, -0.25) is 19.4 Å². The maximum atomic E-state index is 14.5. The number of ketones is 2. The SMILES string of the molecule is CN1C(=O)[C@H](CCCCN)CC(=O)[C@H](CCCN)NCc2cnccc2Sc2c(Cl)cc(C(F)(F)F)cc2CCC(=O)[C@@H]1Cc1c[nH]c2ccccc12. The van der Waals surface area contributed by atoms with E-state index in [0.29, 0.717) is 60.5 Å². The number of halogens is 4. The summed E-state index contributed by atoms with van der Waals surface area (Å²) >= 11 is 7.80. The van der Waals surface area contributed by atoms with Gasteiger partial charge < -0.3 is 26.7 Å². The minimum Gasteiger partial charge on any atom is -0.361 e. The van der Waals surface area contributed by atoms with Crippen LogP contribution in [0.25, 0.3) is 10.9 Å². The molecule has 53 heavy (non-hydrogen) atoms. The molecule has 3 atom stereocenters. The minimum atomic E-state index is -4.67. The number of amides is 1. The number of nitrogens with zero attached hydrogens (tertiary/aromatic N) is 2. The quantitative estimate of drug-likeness (QED) is 0.135. The van der Waals surface area contributed by atoms with Gasteiger partial charge in [-0.2, -0.15) is 13.2 Å². The molecule has 1 aliphatic heterocycles. The number of likely N-dealkylation sites (N-methyl/N-ethyl adjacent to an activating group) is 1. The summed E-state index contributed by atoms with van der Waals surface area (Å²) in [5, 5.41) is 4.15. The Kier molecular flexibility index (Phi) is 14.1. The number of pyridine rings is 1. The van der Waals surface area contributed by atoms with E-state index < -0.39 is 29.7 Å². The number of aromatic nitrogens is 2. The third-order valence-electron chi connectivity index (χ3n) is 9.86. The second kappa shape index (κ2) is 18.5. The number of aryl methyl sites for hydroxylation is 1. The summed E-state index contributed by atoms with van der Waals surface area (Å²) in [6, 6.07) is 9.72. The summed E-state index contributed by atoms with van der Waals surface area (Å²) in [5.74, 6) is -1.52. The highest BCUT2D eigenvalue weighted by atomic mass is 35.5. The van der Waals surface area contributed by atoms with Gasteiger partial charge in [-0.15, -0.1) is 0 Å². The predicted molar refractivity (Wildman–Crippen MR) is 202 cm³/mol. The fourth-order valence-corrected chi connectivity index (χ4v) is 8.29. The molecule has 0 unspecified atom stereocenters. The topological polar surface area (TPSA) is 147 Å². The first-order valence-electron chi connectivity index (χ1n) is 17.9. The highest BCUT2D eigenvalue weighted by molar-refractivity contribution is 7.99. The summed E-state index contributed by atoms with van der Waals surface area (Å²) < 4.78 is 42.2. The van der Waals surface area contributed by atoms with Crippen molar-refractivity contribution in [2.45, 2.75) is 92.4 Å². The maximum Gasteiger partial charge on any atom is 0.416 e. The van der Waals surface area contributed by atoms with Crippen LogP contribution in [0, 0.1) is 5.92 Å². The smallest absolute Gasteiger partial charge is 0.361 e. The van der Waals surface area contributed by atoms with Gasteiger partial charge in [0, 0.05) is 78.1 Å². The molecule has 0 saturated heterocycles. The standard InChI is InChI=1S/C39H46ClF3N6O3S/c1-49-33(18-26-22-47-31-9-3-2-8-29(26)31)34(50)12-11-24-17-28(39(41,42)43)20-30(40)37(24)53-36-13-16-46-21-27(36)23-48-32(10-6-15-45)35(51)19-25(38(49)52)7-4-5-14-44/h2-3,8-9,13,16-17,20-22,25,32-33,47-48H,4-7,10-12,14-15,18-19,23,44-45H2,1H3/t25-,32+,33+/m1/s1. The molecule has 1 amide bonds. The number of nitrogens with two attached hydrogens (primary N) is 2. The van der Waals surface area contributed by atoms with E-state index in [2.05, 4.69) is 15.3 Å². The number of alkyl halides is 3. The Morgan fingerprint density at radius 3 is 2.51 bits per heavy atom. The number of nitrogens with one attached hydrogen (secondary N) is 2. The van der Waals surface area contributed by atoms with E-state index in [1.54, 1.807) is 25.5 Å².